The number of carboxylic acids is 1. The van der Waals surface area contributed by atoms with Crippen LogP contribution in [0, 0.1) is 11.3 Å². The Morgan fingerprint density at radius 3 is 2.17 bits per heavy atom. The number of hydrogen-bond donors (Lipinski definition) is 2. The Morgan fingerprint density at radius 1 is 0.976 bits per heavy atom. The number of carbonyl (C=O) groups excluding carboxylic acids is 2. The molecule has 0 radical (unpaired) electrons. The molecule has 2 N–H and O–H groups in total. The number of likely N-dealkylation sites (tertiary alicyclic amines) is 1. The van der Waals surface area contributed by atoms with Crippen molar-refractivity contribution in [3.8, 4) is 11.1 Å². The van der Waals surface area contributed by atoms with E-state index in [4.69, 9.17) is 4.74 Å². The summed E-state index contributed by atoms with van der Waals surface area (Å²) in [6.45, 7) is 1.58. The molecule has 3 aromatic carbocycles. The predicted octanol–water partition coefficient (Wildman–Crippen LogP) is 4.35. The monoisotopic (exact) mass is 553 g/mol. The van der Waals surface area contributed by atoms with Crippen molar-refractivity contribution in [2.45, 2.75) is 31.3 Å². The van der Waals surface area contributed by atoms with Crippen molar-refractivity contribution in [3.05, 3.63) is 95.6 Å². The summed E-state index contributed by atoms with van der Waals surface area (Å²) in [5.74, 6) is -1.79. The number of amides is 2. The van der Waals surface area contributed by atoms with Gasteiger partial charge in [-0.25, -0.2) is 4.79 Å². The van der Waals surface area contributed by atoms with Gasteiger partial charge in [0.1, 0.15) is 12.6 Å². The number of benzene rings is 3. The van der Waals surface area contributed by atoms with Gasteiger partial charge in [0.25, 0.3) is 0 Å². The van der Waals surface area contributed by atoms with Gasteiger partial charge in [-0.15, -0.1) is 0 Å². The van der Waals surface area contributed by atoms with Crippen molar-refractivity contribution in [1.82, 2.24) is 15.1 Å². The number of rotatable bonds is 9. The van der Waals surface area contributed by atoms with E-state index in [0.717, 1.165) is 40.7 Å². The normalized spacial score (nSPS) is 19.1. The maximum atomic E-state index is 13.8. The molecule has 1 saturated carbocycles. The molecule has 3 aromatic rings. The zero-order chi connectivity index (χ0) is 28.6. The molecule has 41 heavy (non-hydrogen) atoms. The fraction of sp³-hybridized carbons (Fsp3) is 0.364. The maximum Gasteiger partial charge on any atom is 0.407 e. The number of carbonyl (C=O) groups is 3. The van der Waals surface area contributed by atoms with E-state index >= 15 is 0 Å². The summed E-state index contributed by atoms with van der Waals surface area (Å²) in [6.07, 6.45) is 0.964. The fourth-order valence-electron chi connectivity index (χ4n) is 6.60. The van der Waals surface area contributed by atoms with Gasteiger partial charge in [0.05, 0.1) is 5.92 Å². The lowest BCUT2D eigenvalue weighted by Gasteiger charge is -2.28. The summed E-state index contributed by atoms with van der Waals surface area (Å²) in [6, 6.07) is 25.3. The number of aliphatic carboxylic acids is 1. The number of nitrogens with zero attached hydrogens (tertiary/aromatic N) is 2. The van der Waals surface area contributed by atoms with E-state index in [1.54, 1.807) is 4.90 Å². The summed E-state index contributed by atoms with van der Waals surface area (Å²) in [5.41, 5.74) is 5.27. The fourth-order valence-corrected chi connectivity index (χ4v) is 6.60. The van der Waals surface area contributed by atoms with Gasteiger partial charge >= 0.3 is 12.1 Å². The average molecular weight is 554 g/mol. The summed E-state index contributed by atoms with van der Waals surface area (Å²) in [7, 11) is 1.90. The van der Waals surface area contributed by atoms with Gasteiger partial charge in [-0.1, -0.05) is 78.9 Å². The van der Waals surface area contributed by atoms with Crippen LogP contribution >= 0.6 is 0 Å². The lowest BCUT2D eigenvalue weighted by atomic mass is 9.93. The third-order valence-corrected chi connectivity index (χ3v) is 8.87. The quantitative estimate of drug-likeness (QED) is 0.409. The van der Waals surface area contributed by atoms with Crippen LogP contribution in [0.5, 0.6) is 0 Å². The van der Waals surface area contributed by atoms with Crippen LogP contribution in [-0.2, 0) is 20.9 Å². The second-order valence-electron chi connectivity index (χ2n) is 11.7. The van der Waals surface area contributed by atoms with Crippen molar-refractivity contribution in [1.29, 1.82) is 0 Å². The van der Waals surface area contributed by atoms with Crippen molar-refractivity contribution in [2.24, 2.45) is 11.3 Å². The van der Waals surface area contributed by atoms with Crippen LogP contribution in [-0.4, -0.2) is 72.2 Å². The first-order chi connectivity index (χ1) is 19.8. The predicted molar refractivity (Wildman–Crippen MR) is 154 cm³/mol. The topological polar surface area (TPSA) is 99.2 Å². The van der Waals surface area contributed by atoms with Crippen LogP contribution in [0.1, 0.15) is 35.4 Å². The van der Waals surface area contributed by atoms with Gasteiger partial charge in [-0.3, -0.25) is 14.5 Å². The number of hydrogen-bond acceptors (Lipinski definition) is 5. The molecule has 1 aliphatic heterocycles. The zero-order valence-corrected chi connectivity index (χ0v) is 23.2. The number of alkyl carbamates (subject to hydrolysis) is 1. The lowest BCUT2D eigenvalue weighted by molar-refractivity contribution is -0.143. The van der Waals surface area contributed by atoms with Gasteiger partial charge in [0, 0.05) is 37.5 Å². The molecule has 3 aliphatic rings. The summed E-state index contributed by atoms with van der Waals surface area (Å²) < 4.78 is 5.76. The molecule has 1 heterocycles. The molecule has 1 saturated heterocycles. The minimum Gasteiger partial charge on any atom is -0.481 e. The first-order valence-electron chi connectivity index (χ1n) is 14.2. The SMILES string of the molecule is CN(Cc1ccccc1)CC(NC(=O)OCC1c2ccccc2-c2ccccc21)C(=O)N1CC(C(=O)O)C2(CC2)C1. The van der Waals surface area contributed by atoms with Crippen molar-refractivity contribution < 1.29 is 24.2 Å². The van der Waals surface area contributed by atoms with Crippen LogP contribution in [0.25, 0.3) is 11.1 Å². The third kappa shape index (κ3) is 5.44. The van der Waals surface area contributed by atoms with E-state index in [2.05, 4.69) is 29.6 Å². The minimum absolute atomic E-state index is 0.0901. The Bertz CT molecular complexity index is 1410. The molecule has 2 fully saturated rings. The van der Waals surface area contributed by atoms with E-state index in [1.165, 1.54) is 0 Å². The van der Waals surface area contributed by atoms with Crippen LogP contribution < -0.4 is 5.32 Å². The first-order valence-corrected chi connectivity index (χ1v) is 14.2. The van der Waals surface area contributed by atoms with E-state index < -0.39 is 24.0 Å². The molecule has 0 bridgehead atoms. The van der Waals surface area contributed by atoms with Gasteiger partial charge in [0.15, 0.2) is 0 Å². The molecule has 2 amide bonds. The molecule has 2 aliphatic carbocycles. The van der Waals surface area contributed by atoms with Gasteiger partial charge in [-0.2, -0.15) is 0 Å². The van der Waals surface area contributed by atoms with Gasteiger partial charge in [0.2, 0.25) is 5.91 Å². The largest absolute Gasteiger partial charge is 0.481 e. The number of ether oxygens (including phenoxy) is 1. The number of likely N-dealkylation sites (N-methyl/N-ethyl adjacent to an activating group) is 1. The molecule has 2 atom stereocenters. The van der Waals surface area contributed by atoms with E-state index in [-0.39, 0.29) is 36.9 Å². The molecule has 8 nitrogen and oxygen atoms in total. The van der Waals surface area contributed by atoms with Crippen molar-refractivity contribution >= 4 is 18.0 Å². The van der Waals surface area contributed by atoms with Crippen LogP contribution in [0.15, 0.2) is 78.9 Å². The molecule has 1 spiro atoms. The molecule has 2 unspecified atom stereocenters. The molecule has 0 aromatic heterocycles. The zero-order valence-electron chi connectivity index (χ0n) is 23.2. The van der Waals surface area contributed by atoms with E-state index in [1.807, 2.05) is 66.5 Å². The second-order valence-corrected chi connectivity index (χ2v) is 11.7. The molecular weight excluding hydrogens is 518 g/mol. The lowest BCUT2D eigenvalue weighted by Crippen LogP contribution is -2.53. The molecule has 6 rings (SSSR count). The summed E-state index contributed by atoms with van der Waals surface area (Å²) in [4.78, 5) is 42.5. The Kier molecular flexibility index (Phi) is 7.26. The van der Waals surface area contributed by atoms with Gasteiger partial charge in [-0.05, 0) is 47.7 Å². The Hall–Kier alpha value is -4.17. The highest BCUT2D eigenvalue weighted by atomic mass is 16.5. The molecule has 8 heteroatoms. The molecule has 212 valence electrons. The number of fused-ring (bicyclic) bond motifs is 3. The van der Waals surface area contributed by atoms with E-state index in [0.29, 0.717) is 13.1 Å². The smallest absolute Gasteiger partial charge is 0.407 e. The second kappa shape index (κ2) is 11.0. The first kappa shape index (κ1) is 27.0. The van der Waals surface area contributed by atoms with Crippen LogP contribution in [0.4, 0.5) is 4.79 Å². The Labute approximate surface area is 239 Å². The van der Waals surface area contributed by atoms with Crippen LogP contribution in [0.2, 0.25) is 0 Å². The van der Waals surface area contributed by atoms with Gasteiger partial charge < -0.3 is 20.1 Å². The van der Waals surface area contributed by atoms with Crippen molar-refractivity contribution in [2.75, 3.05) is 33.3 Å². The summed E-state index contributed by atoms with van der Waals surface area (Å²) >= 11 is 0. The standard InChI is InChI=1S/C33H35N3O5/c1-35(17-22-9-3-2-4-10-22)19-29(30(37)36-18-28(31(38)39)33(21-36)15-16-33)34-32(40)41-20-27-25-13-7-5-11-23(25)24-12-6-8-14-26(24)27/h2-14,27-29H,15-21H2,1H3,(H,34,40)(H,38,39). The number of nitrogens with one attached hydrogen (secondary N) is 1. The van der Waals surface area contributed by atoms with Crippen molar-refractivity contribution in [3.63, 3.8) is 0 Å². The Morgan fingerprint density at radius 2 is 1.59 bits per heavy atom. The number of carboxylic acid groups (broad SMARTS) is 1. The maximum absolute atomic E-state index is 13.8. The minimum atomic E-state index is -0.872. The van der Waals surface area contributed by atoms with E-state index in [9.17, 15) is 19.5 Å². The highest BCUT2D eigenvalue weighted by molar-refractivity contribution is 5.87. The third-order valence-electron chi connectivity index (χ3n) is 8.87. The molecular formula is C33H35N3O5. The highest BCUT2D eigenvalue weighted by Gasteiger charge is 2.59. The Balaban J connectivity index is 1.16. The van der Waals surface area contributed by atoms with Crippen LogP contribution in [0.3, 0.4) is 0 Å². The highest BCUT2D eigenvalue weighted by Crippen LogP contribution is 2.56. The average Bonchev–Trinajstić information content (AvgIpc) is 3.52. The summed E-state index contributed by atoms with van der Waals surface area (Å²) in [5, 5.41) is 12.6.